The predicted molar refractivity (Wildman–Crippen MR) is 110 cm³/mol. The normalized spacial score (nSPS) is 10.4. The van der Waals surface area contributed by atoms with Gasteiger partial charge in [0.25, 0.3) is 5.91 Å². The smallest absolute Gasteiger partial charge is 0.255 e. The maximum atomic E-state index is 12.3. The van der Waals surface area contributed by atoms with E-state index < -0.39 is 0 Å². The number of thioether (sulfide) groups is 1. The summed E-state index contributed by atoms with van der Waals surface area (Å²) in [6, 6.07) is 25.8. The lowest BCUT2D eigenvalue weighted by Gasteiger charge is -2.07. The van der Waals surface area contributed by atoms with E-state index in [4.69, 9.17) is 0 Å². The summed E-state index contributed by atoms with van der Waals surface area (Å²) in [5.74, 6) is 1.83. The van der Waals surface area contributed by atoms with E-state index in [1.807, 2.05) is 66.4 Å². The molecular weight excluding hydrogens is 394 g/mol. The first-order chi connectivity index (χ1) is 12.2. The van der Waals surface area contributed by atoms with Crippen molar-refractivity contribution in [1.29, 1.82) is 0 Å². The first-order valence-corrected chi connectivity index (χ1v) is 9.93. The molecule has 0 heterocycles. The molecule has 3 aromatic rings. The van der Waals surface area contributed by atoms with Crippen LogP contribution in [0.15, 0.2) is 83.3 Å². The third kappa shape index (κ3) is 5.48. The Balaban J connectivity index is 1.52. The number of carbonyl (C=O) groups excluding carboxylic acids is 1. The molecule has 0 fully saturated rings. The van der Waals surface area contributed by atoms with Gasteiger partial charge in [0, 0.05) is 27.2 Å². The third-order valence-corrected chi connectivity index (χ3v) is 5.30. The molecule has 0 aliphatic carbocycles. The van der Waals surface area contributed by atoms with Crippen molar-refractivity contribution in [2.24, 2.45) is 0 Å². The Labute approximate surface area is 160 Å². The zero-order chi connectivity index (χ0) is 17.5. The average Bonchev–Trinajstić information content (AvgIpc) is 2.65. The van der Waals surface area contributed by atoms with Crippen LogP contribution < -0.4 is 5.32 Å². The molecule has 0 bridgehead atoms. The number of anilines is 1. The highest BCUT2D eigenvalue weighted by atomic mass is 79.9. The van der Waals surface area contributed by atoms with Crippen LogP contribution in [0.25, 0.3) is 0 Å². The highest BCUT2D eigenvalue weighted by Gasteiger charge is 2.06. The lowest BCUT2D eigenvalue weighted by molar-refractivity contribution is 0.102. The number of amides is 1. The first-order valence-electron chi connectivity index (χ1n) is 7.98. The van der Waals surface area contributed by atoms with E-state index >= 15 is 0 Å². The number of nitrogens with one attached hydrogen (secondary N) is 1. The molecule has 3 rings (SSSR count). The van der Waals surface area contributed by atoms with Crippen LogP contribution in [0.5, 0.6) is 0 Å². The van der Waals surface area contributed by atoms with Gasteiger partial charge >= 0.3 is 0 Å². The van der Waals surface area contributed by atoms with Crippen molar-refractivity contribution in [1.82, 2.24) is 0 Å². The fourth-order valence-corrected chi connectivity index (χ4v) is 3.57. The molecule has 0 saturated heterocycles. The monoisotopic (exact) mass is 411 g/mol. The molecule has 2 nitrogen and oxygen atoms in total. The minimum absolute atomic E-state index is 0.0918. The van der Waals surface area contributed by atoms with Gasteiger partial charge in [-0.2, -0.15) is 11.8 Å². The third-order valence-electron chi connectivity index (χ3n) is 3.70. The van der Waals surface area contributed by atoms with E-state index in [-0.39, 0.29) is 5.91 Å². The van der Waals surface area contributed by atoms with Crippen LogP contribution in [0.2, 0.25) is 0 Å². The lowest BCUT2D eigenvalue weighted by Crippen LogP contribution is -2.11. The summed E-state index contributed by atoms with van der Waals surface area (Å²) in [4.78, 5) is 12.3. The number of hydrogen-bond donors (Lipinski definition) is 1. The van der Waals surface area contributed by atoms with E-state index in [9.17, 15) is 4.79 Å². The second kappa shape index (κ2) is 8.88. The molecule has 25 heavy (non-hydrogen) atoms. The quantitative estimate of drug-likeness (QED) is 0.527. The Bertz CT molecular complexity index is 817. The highest BCUT2D eigenvalue weighted by Crippen LogP contribution is 2.19. The van der Waals surface area contributed by atoms with Crippen molar-refractivity contribution in [3.05, 3.63) is 100 Å². The van der Waals surface area contributed by atoms with E-state index in [0.29, 0.717) is 5.56 Å². The van der Waals surface area contributed by atoms with Crippen LogP contribution in [-0.4, -0.2) is 5.91 Å². The van der Waals surface area contributed by atoms with Gasteiger partial charge in [0.1, 0.15) is 0 Å². The van der Waals surface area contributed by atoms with Crippen LogP contribution in [0.1, 0.15) is 21.5 Å². The van der Waals surface area contributed by atoms with Gasteiger partial charge in [-0.15, -0.1) is 0 Å². The SMILES string of the molecule is O=C(Nc1ccc(Br)cc1)c1ccc(CSCc2ccccc2)cc1. The molecule has 0 atom stereocenters. The van der Waals surface area contributed by atoms with E-state index in [0.717, 1.165) is 21.7 Å². The van der Waals surface area contributed by atoms with Gasteiger partial charge < -0.3 is 5.32 Å². The fraction of sp³-hybridized carbons (Fsp3) is 0.0952. The summed E-state index contributed by atoms with van der Waals surface area (Å²) in [5, 5.41) is 2.90. The van der Waals surface area contributed by atoms with Gasteiger partial charge in [-0.1, -0.05) is 58.4 Å². The van der Waals surface area contributed by atoms with Crippen molar-refractivity contribution in [3.8, 4) is 0 Å². The Hall–Kier alpha value is -2.04. The van der Waals surface area contributed by atoms with Gasteiger partial charge in [-0.05, 0) is 47.5 Å². The molecule has 0 aliphatic rings. The minimum atomic E-state index is -0.0918. The zero-order valence-corrected chi connectivity index (χ0v) is 16.0. The molecular formula is C21H18BrNOS. The first kappa shape index (κ1) is 17.8. The number of hydrogen-bond acceptors (Lipinski definition) is 2. The van der Waals surface area contributed by atoms with Gasteiger partial charge in [0.05, 0.1) is 0 Å². The Morgan fingerprint density at radius 3 is 2.04 bits per heavy atom. The molecule has 0 aromatic heterocycles. The second-order valence-corrected chi connectivity index (χ2v) is 7.54. The minimum Gasteiger partial charge on any atom is -0.322 e. The molecule has 1 amide bonds. The van der Waals surface area contributed by atoms with Gasteiger partial charge in [-0.25, -0.2) is 0 Å². The van der Waals surface area contributed by atoms with Crippen LogP contribution in [0.4, 0.5) is 5.69 Å². The van der Waals surface area contributed by atoms with Gasteiger partial charge in [-0.3, -0.25) is 4.79 Å². The maximum absolute atomic E-state index is 12.3. The molecule has 0 saturated carbocycles. The summed E-state index contributed by atoms with van der Waals surface area (Å²) in [6.45, 7) is 0. The Kier molecular flexibility index (Phi) is 6.31. The number of benzene rings is 3. The van der Waals surface area contributed by atoms with E-state index in [1.165, 1.54) is 11.1 Å². The standard InChI is InChI=1S/C21H18BrNOS/c22-19-10-12-20(13-11-19)23-21(24)18-8-6-17(7-9-18)15-25-14-16-4-2-1-3-5-16/h1-13H,14-15H2,(H,23,24). The molecule has 1 N–H and O–H groups in total. The van der Waals surface area contributed by atoms with Crippen molar-refractivity contribution in [3.63, 3.8) is 0 Å². The average molecular weight is 412 g/mol. The Morgan fingerprint density at radius 1 is 0.800 bits per heavy atom. The number of halogens is 1. The molecule has 126 valence electrons. The van der Waals surface area contributed by atoms with Crippen molar-refractivity contribution in [2.75, 3.05) is 5.32 Å². The largest absolute Gasteiger partial charge is 0.322 e. The number of carbonyl (C=O) groups is 1. The van der Waals surface area contributed by atoms with Crippen LogP contribution in [0.3, 0.4) is 0 Å². The van der Waals surface area contributed by atoms with Crippen molar-refractivity contribution < 1.29 is 4.79 Å². The lowest BCUT2D eigenvalue weighted by atomic mass is 10.1. The van der Waals surface area contributed by atoms with Gasteiger partial charge in [0.2, 0.25) is 0 Å². The molecule has 0 radical (unpaired) electrons. The zero-order valence-electron chi connectivity index (χ0n) is 13.6. The molecule has 3 aromatic carbocycles. The van der Waals surface area contributed by atoms with E-state index in [2.05, 4.69) is 45.5 Å². The second-order valence-electron chi connectivity index (χ2n) is 5.64. The van der Waals surface area contributed by atoms with Crippen LogP contribution >= 0.6 is 27.7 Å². The highest BCUT2D eigenvalue weighted by molar-refractivity contribution is 9.10. The van der Waals surface area contributed by atoms with Crippen LogP contribution in [-0.2, 0) is 11.5 Å². The molecule has 0 unspecified atom stereocenters. The molecule has 0 aliphatic heterocycles. The summed E-state index contributed by atoms with van der Waals surface area (Å²) < 4.78 is 0.989. The number of rotatable bonds is 6. The summed E-state index contributed by atoms with van der Waals surface area (Å²) in [7, 11) is 0. The topological polar surface area (TPSA) is 29.1 Å². The van der Waals surface area contributed by atoms with Gasteiger partial charge in [0.15, 0.2) is 0 Å². The summed E-state index contributed by atoms with van der Waals surface area (Å²) in [6.07, 6.45) is 0. The fourth-order valence-electron chi connectivity index (χ4n) is 2.35. The summed E-state index contributed by atoms with van der Waals surface area (Å²) in [5.41, 5.74) is 4.01. The maximum Gasteiger partial charge on any atom is 0.255 e. The van der Waals surface area contributed by atoms with E-state index in [1.54, 1.807) is 0 Å². The summed E-state index contributed by atoms with van der Waals surface area (Å²) >= 11 is 5.26. The van der Waals surface area contributed by atoms with Crippen molar-refractivity contribution >= 4 is 39.3 Å². The van der Waals surface area contributed by atoms with Crippen molar-refractivity contribution in [2.45, 2.75) is 11.5 Å². The van der Waals surface area contributed by atoms with Crippen LogP contribution in [0, 0.1) is 0 Å². The Morgan fingerprint density at radius 2 is 1.40 bits per heavy atom. The predicted octanol–water partition coefficient (Wildman–Crippen LogP) is 6.13. The molecule has 0 spiro atoms. The molecule has 4 heteroatoms.